The zero-order chi connectivity index (χ0) is 20.2. The van der Waals surface area contributed by atoms with Crippen molar-refractivity contribution >= 4 is 11.7 Å². The molecule has 4 aromatic heterocycles. The maximum absolute atomic E-state index is 12.8. The fraction of sp³-hybridized carbons (Fsp3) is 0.167. The molecule has 0 atom stereocenters. The summed E-state index contributed by atoms with van der Waals surface area (Å²) < 4.78 is 8.52. The van der Waals surface area contributed by atoms with Crippen molar-refractivity contribution in [3.63, 3.8) is 0 Å². The first-order valence-electron chi connectivity index (χ1n) is 8.76. The fourth-order valence-electron chi connectivity index (χ4n) is 2.69. The first kappa shape index (κ1) is 18.2. The van der Waals surface area contributed by atoms with Crippen LogP contribution in [0.1, 0.15) is 17.3 Å². The van der Waals surface area contributed by atoms with E-state index in [1.165, 1.54) is 30.4 Å². The number of rotatable bonds is 6. The Morgan fingerprint density at radius 1 is 1.28 bits per heavy atom. The van der Waals surface area contributed by atoms with E-state index in [1.54, 1.807) is 30.7 Å². The molecule has 1 N–H and O–H groups in total. The molecule has 29 heavy (non-hydrogen) atoms. The molecule has 4 rings (SSSR count). The lowest BCUT2D eigenvalue weighted by atomic mass is 10.3. The van der Waals surface area contributed by atoms with Crippen LogP contribution in [-0.2, 0) is 6.54 Å². The molecule has 0 unspecified atom stereocenters. The number of hydrogen-bond acceptors (Lipinski definition) is 8. The van der Waals surface area contributed by atoms with Gasteiger partial charge in [-0.05, 0) is 19.1 Å². The topological polar surface area (TPSA) is 126 Å². The van der Waals surface area contributed by atoms with Crippen molar-refractivity contribution in [3.8, 4) is 23.2 Å². The van der Waals surface area contributed by atoms with Crippen molar-refractivity contribution in [2.45, 2.75) is 13.5 Å². The molecule has 0 aliphatic carbocycles. The van der Waals surface area contributed by atoms with Gasteiger partial charge in [0, 0.05) is 25.1 Å². The van der Waals surface area contributed by atoms with Gasteiger partial charge in [-0.1, -0.05) is 6.07 Å². The second-order valence-electron chi connectivity index (χ2n) is 5.86. The lowest BCUT2D eigenvalue weighted by Crippen LogP contribution is -2.13. The van der Waals surface area contributed by atoms with Gasteiger partial charge >= 0.3 is 0 Å². The van der Waals surface area contributed by atoms with Crippen molar-refractivity contribution in [3.05, 3.63) is 54.9 Å². The summed E-state index contributed by atoms with van der Waals surface area (Å²) in [6.45, 7) is 2.69. The summed E-state index contributed by atoms with van der Waals surface area (Å²) in [5.74, 6) is 1.20. The molecule has 0 bridgehead atoms. The molecule has 0 saturated carbocycles. The van der Waals surface area contributed by atoms with E-state index in [1.807, 2.05) is 11.5 Å². The van der Waals surface area contributed by atoms with Crippen LogP contribution >= 0.6 is 0 Å². The second-order valence-corrected chi connectivity index (χ2v) is 5.86. The monoisotopic (exact) mass is 391 g/mol. The molecule has 146 valence electrons. The number of aromatic nitrogens is 8. The molecule has 0 saturated heterocycles. The molecule has 11 heteroatoms. The third-order valence-electron chi connectivity index (χ3n) is 4.08. The summed E-state index contributed by atoms with van der Waals surface area (Å²) in [6, 6.07) is 5.28. The van der Waals surface area contributed by atoms with E-state index in [-0.39, 0.29) is 11.4 Å². The van der Waals surface area contributed by atoms with E-state index in [2.05, 4.69) is 35.6 Å². The summed E-state index contributed by atoms with van der Waals surface area (Å²) in [6.07, 6.45) is 7.77. The molecular weight excluding hydrogens is 374 g/mol. The molecule has 0 aromatic carbocycles. The highest BCUT2D eigenvalue weighted by Gasteiger charge is 2.19. The highest BCUT2D eigenvalue weighted by atomic mass is 16.5. The van der Waals surface area contributed by atoms with E-state index < -0.39 is 5.91 Å². The van der Waals surface area contributed by atoms with Crippen molar-refractivity contribution in [1.82, 2.24) is 39.5 Å². The third-order valence-corrected chi connectivity index (χ3v) is 4.08. The molecule has 11 nitrogen and oxygen atoms in total. The normalized spacial score (nSPS) is 10.7. The van der Waals surface area contributed by atoms with Crippen LogP contribution in [0.25, 0.3) is 17.3 Å². The molecule has 1 amide bonds. The molecule has 4 aromatic rings. The van der Waals surface area contributed by atoms with Crippen LogP contribution in [0.2, 0.25) is 0 Å². The highest BCUT2D eigenvalue weighted by molar-refractivity contribution is 6.05. The number of nitrogens with zero attached hydrogens (tertiary/aromatic N) is 8. The number of carbonyl (C=O) groups is 1. The minimum absolute atomic E-state index is 0.162. The van der Waals surface area contributed by atoms with Crippen LogP contribution in [0.15, 0.2) is 49.3 Å². The molecule has 0 radical (unpaired) electrons. The van der Waals surface area contributed by atoms with Gasteiger partial charge in [0.15, 0.2) is 11.6 Å². The molecule has 0 aliphatic heterocycles. The smallest absolute Gasteiger partial charge is 0.263 e. The van der Waals surface area contributed by atoms with E-state index in [9.17, 15) is 4.79 Å². The van der Waals surface area contributed by atoms with Gasteiger partial charge in [-0.15, -0.1) is 15.3 Å². The largest absolute Gasteiger partial charge is 0.479 e. The fourth-order valence-corrected chi connectivity index (χ4v) is 2.69. The summed E-state index contributed by atoms with van der Waals surface area (Å²) in [5.41, 5.74) is 0.839. The van der Waals surface area contributed by atoms with Crippen LogP contribution in [0.3, 0.4) is 0 Å². The quantitative estimate of drug-likeness (QED) is 0.525. The minimum Gasteiger partial charge on any atom is -0.479 e. The number of nitrogens with one attached hydrogen (secondary N) is 1. The lowest BCUT2D eigenvalue weighted by molar-refractivity contribution is 0.102. The number of ether oxygens (including phenoxy) is 1. The van der Waals surface area contributed by atoms with E-state index in [4.69, 9.17) is 4.74 Å². The van der Waals surface area contributed by atoms with Crippen molar-refractivity contribution in [2.24, 2.45) is 0 Å². The number of anilines is 1. The number of methoxy groups -OCH3 is 1. The Hall–Kier alpha value is -4.15. The van der Waals surface area contributed by atoms with Gasteiger partial charge in [0.2, 0.25) is 5.88 Å². The maximum Gasteiger partial charge on any atom is 0.263 e. The van der Waals surface area contributed by atoms with Gasteiger partial charge in [-0.2, -0.15) is 0 Å². The van der Waals surface area contributed by atoms with Crippen molar-refractivity contribution in [2.75, 3.05) is 12.4 Å². The van der Waals surface area contributed by atoms with E-state index in [0.29, 0.717) is 29.7 Å². The number of amides is 1. The van der Waals surface area contributed by atoms with Crippen LogP contribution in [-0.4, -0.2) is 52.5 Å². The van der Waals surface area contributed by atoms with Crippen molar-refractivity contribution < 1.29 is 9.53 Å². The molecule has 0 spiro atoms. The lowest BCUT2D eigenvalue weighted by Gasteiger charge is -2.07. The third kappa shape index (κ3) is 3.65. The van der Waals surface area contributed by atoms with Crippen LogP contribution < -0.4 is 10.1 Å². The summed E-state index contributed by atoms with van der Waals surface area (Å²) in [4.78, 5) is 25.4. The Bertz CT molecular complexity index is 1140. The van der Waals surface area contributed by atoms with Crippen LogP contribution in [0.5, 0.6) is 5.88 Å². The number of aryl methyl sites for hydroxylation is 1. The molecule has 0 aliphatic rings. The summed E-state index contributed by atoms with van der Waals surface area (Å²) in [5, 5.41) is 15.0. The predicted octanol–water partition coefficient (Wildman–Crippen LogP) is 1.60. The first-order valence-corrected chi connectivity index (χ1v) is 8.76. The Morgan fingerprint density at radius 2 is 2.17 bits per heavy atom. The van der Waals surface area contributed by atoms with Gasteiger partial charge in [0.05, 0.1) is 13.3 Å². The Morgan fingerprint density at radius 3 is 2.93 bits per heavy atom. The van der Waals surface area contributed by atoms with E-state index in [0.717, 1.165) is 0 Å². The van der Waals surface area contributed by atoms with E-state index >= 15 is 0 Å². The van der Waals surface area contributed by atoms with Crippen LogP contribution in [0.4, 0.5) is 5.82 Å². The highest BCUT2D eigenvalue weighted by Crippen LogP contribution is 2.20. The number of pyridine rings is 1. The maximum atomic E-state index is 12.8. The summed E-state index contributed by atoms with van der Waals surface area (Å²) >= 11 is 0. The Labute approximate surface area is 165 Å². The molecule has 4 heterocycles. The van der Waals surface area contributed by atoms with Crippen LogP contribution in [0, 0.1) is 0 Å². The van der Waals surface area contributed by atoms with Gasteiger partial charge in [-0.3, -0.25) is 9.78 Å². The summed E-state index contributed by atoms with van der Waals surface area (Å²) in [7, 11) is 1.44. The molecular formula is C18H17N9O2. The predicted molar refractivity (Wildman–Crippen MR) is 103 cm³/mol. The SMILES string of the molecule is CCn1cnnc1-c1cccc(NC(=O)c2cn(-c3cnccn3)nc2OC)n1. The van der Waals surface area contributed by atoms with Gasteiger partial charge < -0.3 is 14.6 Å². The van der Waals surface area contributed by atoms with Gasteiger partial charge in [-0.25, -0.2) is 14.6 Å². The Kier molecular flexibility index (Phi) is 4.93. The van der Waals surface area contributed by atoms with Crippen molar-refractivity contribution in [1.29, 1.82) is 0 Å². The molecule has 0 fully saturated rings. The average molecular weight is 391 g/mol. The zero-order valence-corrected chi connectivity index (χ0v) is 15.7. The van der Waals surface area contributed by atoms with Gasteiger partial charge in [0.1, 0.15) is 23.4 Å². The Balaban J connectivity index is 1.60. The number of hydrogen-bond donors (Lipinski definition) is 1. The second kappa shape index (κ2) is 7.84. The minimum atomic E-state index is -0.418. The zero-order valence-electron chi connectivity index (χ0n) is 15.7. The average Bonchev–Trinajstić information content (AvgIpc) is 3.41. The number of carbonyl (C=O) groups excluding carboxylic acids is 1. The standard InChI is InChI=1S/C18H17N9O2/c1-3-26-11-21-24-16(26)13-5-4-6-14(22-13)23-17(28)12-10-27(25-18(12)29-2)15-9-19-7-8-20-15/h4-11H,3H2,1-2H3,(H,22,23,28). The van der Waals surface area contributed by atoms with Gasteiger partial charge in [0.25, 0.3) is 5.91 Å². The first-order chi connectivity index (χ1) is 14.2.